The number of amides is 1. The maximum atomic E-state index is 13.2. The summed E-state index contributed by atoms with van der Waals surface area (Å²) in [7, 11) is 0. The Hall–Kier alpha value is -3.34. The molecule has 0 fully saturated rings. The molecule has 0 spiro atoms. The molecule has 0 saturated carbocycles. The van der Waals surface area contributed by atoms with Crippen LogP contribution in [0.2, 0.25) is 0 Å². The van der Waals surface area contributed by atoms with Crippen molar-refractivity contribution in [2.45, 2.75) is 19.9 Å². The van der Waals surface area contributed by atoms with Gasteiger partial charge in [-0.1, -0.05) is 31.2 Å². The maximum absolute atomic E-state index is 13.2. The highest BCUT2D eigenvalue weighted by Gasteiger charge is 2.22. The molecule has 0 aliphatic carbocycles. The largest absolute Gasteiger partial charge is 0.491 e. The first-order valence-corrected chi connectivity index (χ1v) is 9.50. The van der Waals surface area contributed by atoms with Gasteiger partial charge in [0.1, 0.15) is 18.2 Å². The molecule has 1 aliphatic heterocycles. The molecule has 0 saturated heterocycles. The summed E-state index contributed by atoms with van der Waals surface area (Å²) in [5.74, 6) is 1.37. The number of nitrogens with zero attached hydrogens (tertiary/aromatic N) is 2. The van der Waals surface area contributed by atoms with E-state index in [0.717, 1.165) is 40.0 Å². The summed E-state index contributed by atoms with van der Waals surface area (Å²) in [6.45, 7) is 3.63. The monoisotopic (exact) mass is 373 g/mol. The zero-order chi connectivity index (χ0) is 19.5. The summed E-state index contributed by atoms with van der Waals surface area (Å²) in [4.78, 5) is 19.2. The highest BCUT2D eigenvalue weighted by Crippen LogP contribution is 2.30. The van der Waals surface area contributed by atoms with E-state index in [1.165, 1.54) is 0 Å². The molecule has 142 valence electrons. The molecule has 1 aliphatic rings. The Bertz CT molecular complexity index is 999. The number of aryl methyl sites for hydroxylation is 1. The highest BCUT2D eigenvalue weighted by atomic mass is 16.5. The van der Waals surface area contributed by atoms with Crippen LogP contribution in [0.25, 0.3) is 11.1 Å². The minimum absolute atomic E-state index is 0.0495. The second kappa shape index (κ2) is 7.72. The minimum atomic E-state index is 0.0495. The lowest BCUT2D eigenvalue weighted by molar-refractivity contribution is 0.0732. The van der Waals surface area contributed by atoms with Gasteiger partial charge >= 0.3 is 0 Å². The van der Waals surface area contributed by atoms with Crippen molar-refractivity contribution >= 4 is 11.7 Å². The number of hydrogen-bond acceptors (Lipinski definition) is 4. The molecule has 3 aromatic rings. The first kappa shape index (κ1) is 18.0. The number of ether oxygens (including phenoxy) is 1. The number of hydrogen-bond donors (Lipinski definition) is 1. The third-order valence-corrected chi connectivity index (χ3v) is 5.08. The van der Waals surface area contributed by atoms with E-state index in [2.05, 4.69) is 18.0 Å². The Morgan fingerprint density at radius 3 is 2.75 bits per heavy atom. The fourth-order valence-corrected chi connectivity index (χ4v) is 3.53. The van der Waals surface area contributed by atoms with Gasteiger partial charge in [-0.2, -0.15) is 0 Å². The number of pyridine rings is 1. The molecule has 1 aromatic heterocycles. The van der Waals surface area contributed by atoms with Crippen LogP contribution in [0.4, 0.5) is 5.82 Å². The van der Waals surface area contributed by atoms with Crippen molar-refractivity contribution < 1.29 is 9.53 Å². The van der Waals surface area contributed by atoms with E-state index in [-0.39, 0.29) is 5.91 Å². The normalized spacial score (nSPS) is 13.4. The average Bonchev–Trinajstić information content (AvgIpc) is 2.95. The Morgan fingerprint density at radius 1 is 1.14 bits per heavy atom. The van der Waals surface area contributed by atoms with E-state index >= 15 is 0 Å². The molecule has 1 amide bonds. The lowest BCUT2D eigenvalue weighted by atomic mass is 10.0. The number of carbonyl (C=O) groups excluding carboxylic acids is 1. The smallest absolute Gasteiger partial charge is 0.254 e. The van der Waals surface area contributed by atoms with Gasteiger partial charge < -0.3 is 15.4 Å². The van der Waals surface area contributed by atoms with Crippen LogP contribution in [0.15, 0.2) is 60.8 Å². The van der Waals surface area contributed by atoms with Gasteiger partial charge in [-0.25, -0.2) is 4.98 Å². The van der Waals surface area contributed by atoms with Gasteiger partial charge in [0.05, 0.1) is 6.54 Å². The van der Waals surface area contributed by atoms with Crippen molar-refractivity contribution in [3.05, 3.63) is 77.5 Å². The number of carbonyl (C=O) groups is 1. The van der Waals surface area contributed by atoms with E-state index < -0.39 is 0 Å². The van der Waals surface area contributed by atoms with Gasteiger partial charge in [0.15, 0.2) is 0 Å². The zero-order valence-electron chi connectivity index (χ0n) is 15.9. The SMILES string of the molecule is CCc1ccccc1C(=O)N1CCOc2ccc(-c3ccc(N)nc3)cc2C1. The van der Waals surface area contributed by atoms with Gasteiger partial charge in [-0.05, 0) is 47.9 Å². The standard InChI is InChI=1S/C23H23N3O2/c1-2-16-5-3-4-6-20(16)23(27)26-11-12-28-21-9-7-17(13-19(21)15-26)18-8-10-22(24)25-14-18/h3-10,13-14H,2,11-12,15H2,1H3,(H2,24,25). The molecule has 5 nitrogen and oxygen atoms in total. The Kier molecular flexibility index (Phi) is 4.98. The van der Waals surface area contributed by atoms with Crippen LogP contribution in [0.3, 0.4) is 0 Å². The molecule has 0 bridgehead atoms. The van der Waals surface area contributed by atoms with E-state index in [0.29, 0.717) is 25.5 Å². The van der Waals surface area contributed by atoms with Crippen molar-refractivity contribution in [2.24, 2.45) is 0 Å². The van der Waals surface area contributed by atoms with Gasteiger partial charge in [-0.15, -0.1) is 0 Å². The first-order valence-electron chi connectivity index (χ1n) is 9.50. The van der Waals surface area contributed by atoms with Crippen molar-refractivity contribution in [3.63, 3.8) is 0 Å². The third-order valence-electron chi connectivity index (χ3n) is 5.08. The number of fused-ring (bicyclic) bond motifs is 1. The van der Waals surface area contributed by atoms with E-state index in [1.54, 1.807) is 12.3 Å². The fourth-order valence-electron chi connectivity index (χ4n) is 3.53. The second-order valence-corrected chi connectivity index (χ2v) is 6.88. The Morgan fingerprint density at radius 2 is 1.96 bits per heavy atom. The molecular formula is C23H23N3O2. The molecule has 28 heavy (non-hydrogen) atoms. The second-order valence-electron chi connectivity index (χ2n) is 6.88. The van der Waals surface area contributed by atoms with E-state index in [9.17, 15) is 4.79 Å². The van der Waals surface area contributed by atoms with Crippen molar-refractivity contribution in [1.82, 2.24) is 9.88 Å². The van der Waals surface area contributed by atoms with Crippen LogP contribution in [0.5, 0.6) is 5.75 Å². The predicted octanol–water partition coefficient (Wildman–Crippen LogP) is 3.93. The summed E-state index contributed by atoms with van der Waals surface area (Å²) in [5, 5.41) is 0. The van der Waals surface area contributed by atoms with Crippen molar-refractivity contribution in [3.8, 4) is 16.9 Å². The van der Waals surface area contributed by atoms with E-state index in [1.807, 2.05) is 47.4 Å². The van der Waals surface area contributed by atoms with Crippen LogP contribution < -0.4 is 10.5 Å². The minimum Gasteiger partial charge on any atom is -0.491 e. The number of aromatic nitrogens is 1. The quantitative estimate of drug-likeness (QED) is 0.755. The lowest BCUT2D eigenvalue weighted by Gasteiger charge is -2.21. The summed E-state index contributed by atoms with van der Waals surface area (Å²) < 4.78 is 5.90. The number of nitrogen functional groups attached to an aromatic ring is 1. The van der Waals surface area contributed by atoms with Crippen LogP contribution in [-0.4, -0.2) is 28.9 Å². The molecule has 0 unspecified atom stereocenters. The Balaban J connectivity index is 1.64. The third kappa shape index (κ3) is 3.56. The van der Waals surface area contributed by atoms with Crippen LogP contribution >= 0.6 is 0 Å². The highest BCUT2D eigenvalue weighted by molar-refractivity contribution is 5.95. The predicted molar refractivity (Wildman–Crippen MR) is 110 cm³/mol. The first-order chi connectivity index (χ1) is 13.7. The number of nitrogens with two attached hydrogens (primary N) is 1. The van der Waals surface area contributed by atoms with Crippen LogP contribution in [0, 0.1) is 0 Å². The molecule has 2 aromatic carbocycles. The number of benzene rings is 2. The number of anilines is 1. The summed E-state index contributed by atoms with van der Waals surface area (Å²) in [5.41, 5.74) is 10.5. The summed E-state index contributed by atoms with van der Waals surface area (Å²) in [6, 6.07) is 17.6. The number of rotatable bonds is 3. The van der Waals surface area contributed by atoms with Gasteiger partial charge in [0.25, 0.3) is 5.91 Å². The molecule has 2 heterocycles. The van der Waals surface area contributed by atoms with Crippen LogP contribution in [-0.2, 0) is 13.0 Å². The average molecular weight is 373 g/mol. The summed E-state index contributed by atoms with van der Waals surface area (Å²) in [6.07, 6.45) is 2.59. The zero-order valence-corrected chi connectivity index (χ0v) is 15.9. The molecule has 2 N–H and O–H groups in total. The van der Waals surface area contributed by atoms with Crippen LogP contribution in [0.1, 0.15) is 28.4 Å². The van der Waals surface area contributed by atoms with Crippen molar-refractivity contribution in [1.29, 1.82) is 0 Å². The lowest BCUT2D eigenvalue weighted by Crippen LogP contribution is -2.33. The fraction of sp³-hybridized carbons (Fsp3) is 0.217. The molecular weight excluding hydrogens is 350 g/mol. The molecule has 5 heteroatoms. The van der Waals surface area contributed by atoms with Crippen molar-refractivity contribution in [2.75, 3.05) is 18.9 Å². The molecule has 0 radical (unpaired) electrons. The van der Waals surface area contributed by atoms with Gasteiger partial charge in [-0.3, -0.25) is 4.79 Å². The van der Waals surface area contributed by atoms with Gasteiger partial charge in [0, 0.05) is 29.4 Å². The molecule has 4 rings (SSSR count). The van der Waals surface area contributed by atoms with E-state index in [4.69, 9.17) is 10.5 Å². The maximum Gasteiger partial charge on any atom is 0.254 e. The molecule has 0 atom stereocenters. The topological polar surface area (TPSA) is 68.5 Å². The Labute approximate surface area is 164 Å². The summed E-state index contributed by atoms with van der Waals surface area (Å²) >= 11 is 0. The van der Waals surface area contributed by atoms with Gasteiger partial charge in [0.2, 0.25) is 0 Å².